The summed E-state index contributed by atoms with van der Waals surface area (Å²) in [6.45, 7) is 0. The molecule has 11 rings (SSSR count). The van der Waals surface area contributed by atoms with Gasteiger partial charge in [0, 0.05) is 54.2 Å². The molecule has 0 atom stereocenters. The van der Waals surface area contributed by atoms with Gasteiger partial charge >= 0.3 is 0 Å². The van der Waals surface area contributed by atoms with Crippen molar-refractivity contribution in [3.63, 3.8) is 0 Å². The summed E-state index contributed by atoms with van der Waals surface area (Å²) in [7, 11) is 0. The zero-order valence-corrected chi connectivity index (χ0v) is 24.3. The molecule has 0 bridgehead atoms. The number of hydrogen-bond donors (Lipinski definition) is 0. The Balaban J connectivity index is 1.22. The van der Waals surface area contributed by atoms with E-state index < -0.39 is 0 Å². The molecule has 0 saturated carbocycles. The highest BCUT2D eigenvalue weighted by Crippen LogP contribution is 2.47. The number of furan rings is 4. The molecule has 0 spiro atoms. The highest BCUT2D eigenvalue weighted by Gasteiger charge is 2.23. The van der Waals surface area contributed by atoms with Crippen molar-refractivity contribution in [2.24, 2.45) is 0 Å². The predicted octanol–water partition coefficient (Wildman–Crippen LogP) is 12.6. The summed E-state index contributed by atoms with van der Waals surface area (Å²) in [6, 6.07) is 45.8. The molecule has 0 amide bonds. The van der Waals surface area contributed by atoms with E-state index in [-0.39, 0.29) is 0 Å². The van der Waals surface area contributed by atoms with Gasteiger partial charge in [-0.15, -0.1) is 0 Å². The quantitative estimate of drug-likeness (QED) is 0.201. The van der Waals surface area contributed by atoms with Gasteiger partial charge in [0.15, 0.2) is 0 Å². The highest BCUT2D eigenvalue weighted by atomic mass is 16.3. The van der Waals surface area contributed by atoms with Crippen molar-refractivity contribution in [1.82, 2.24) is 0 Å². The van der Waals surface area contributed by atoms with Crippen molar-refractivity contribution in [1.29, 1.82) is 0 Å². The van der Waals surface area contributed by atoms with Gasteiger partial charge < -0.3 is 17.7 Å². The van der Waals surface area contributed by atoms with Crippen LogP contribution in [0.2, 0.25) is 0 Å². The van der Waals surface area contributed by atoms with Gasteiger partial charge in [-0.1, -0.05) is 97.1 Å². The van der Waals surface area contributed by atoms with Gasteiger partial charge in [-0.2, -0.15) is 0 Å². The Morgan fingerprint density at radius 1 is 0.283 bits per heavy atom. The Labute approximate surface area is 260 Å². The topological polar surface area (TPSA) is 52.6 Å². The first-order valence-corrected chi connectivity index (χ1v) is 15.4. The molecule has 0 N–H and O–H groups in total. The van der Waals surface area contributed by atoms with Gasteiger partial charge in [-0.25, -0.2) is 0 Å². The molecule has 214 valence electrons. The molecule has 0 saturated heterocycles. The Bertz CT molecular complexity index is 2800. The third-order valence-corrected chi connectivity index (χ3v) is 9.48. The van der Waals surface area contributed by atoms with E-state index >= 15 is 0 Å². The lowest BCUT2D eigenvalue weighted by atomic mass is 9.93. The average Bonchev–Trinajstić information content (AvgIpc) is 3.86. The van der Waals surface area contributed by atoms with Crippen molar-refractivity contribution >= 4 is 87.8 Å². The number of para-hydroxylation sites is 4. The first-order valence-electron chi connectivity index (χ1n) is 15.4. The van der Waals surface area contributed by atoms with Gasteiger partial charge in [-0.3, -0.25) is 0 Å². The summed E-state index contributed by atoms with van der Waals surface area (Å²) < 4.78 is 26.0. The first-order chi connectivity index (χ1) is 22.8. The molecule has 46 heavy (non-hydrogen) atoms. The van der Waals surface area contributed by atoms with E-state index in [1.54, 1.807) is 0 Å². The monoisotopic (exact) mass is 590 g/mol. The minimum Gasteiger partial charge on any atom is -0.456 e. The molecule has 7 aromatic carbocycles. The van der Waals surface area contributed by atoms with Gasteiger partial charge in [0.1, 0.15) is 44.7 Å². The molecule has 4 heteroatoms. The second kappa shape index (κ2) is 8.68. The normalized spacial score (nSPS) is 12.3. The van der Waals surface area contributed by atoms with E-state index in [9.17, 15) is 0 Å². The molecule has 0 unspecified atom stereocenters. The van der Waals surface area contributed by atoms with E-state index in [1.807, 2.05) is 60.7 Å². The largest absolute Gasteiger partial charge is 0.456 e. The maximum Gasteiger partial charge on any atom is 0.144 e. The van der Waals surface area contributed by atoms with E-state index in [1.165, 1.54) is 0 Å². The summed E-state index contributed by atoms with van der Waals surface area (Å²) in [5.74, 6) is 0. The third-order valence-electron chi connectivity index (χ3n) is 9.48. The maximum absolute atomic E-state index is 6.60. The standard InChI is InChI=1S/C42H22O4/c1-5-13-31-25(9-1)29-21-35-39(27-11-3-7-15-33(27)43-35)37(41(29)45-31)23-17-19-24(20-18-23)38-40-28-12-4-8-16-34(28)44-36(40)22-30-26-10-2-6-14-32(26)46-42(30)38/h1-22H. The minimum atomic E-state index is 0.845. The molecule has 4 aromatic heterocycles. The lowest BCUT2D eigenvalue weighted by Crippen LogP contribution is -1.85. The van der Waals surface area contributed by atoms with Crippen LogP contribution in [-0.4, -0.2) is 0 Å². The SMILES string of the molecule is c1ccc2c(c1)oc1c(-c3ccc(-c4c5oc6ccccc6c5cc5oc6ccccc6c45)cc3)c3c(cc12)oc1ccccc13. The van der Waals surface area contributed by atoms with Crippen LogP contribution in [0.4, 0.5) is 0 Å². The molecule has 0 aliphatic carbocycles. The summed E-state index contributed by atoms with van der Waals surface area (Å²) in [5, 5.41) is 8.47. The van der Waals surface area contributed by atoms with Crippen LogP contribution in [-0.2, 0) is 0 Å². The van der Waals surface area contributed by atoms with Crippen molar-refractivity contribution < 1.29 is 17.7 Å². The minimum absolute atomic E-state index is 0.845. The fourth-order valence-corrected chi connectivity index (χ4v) is 7.48. The van der Waals surface area contributed by atoms with Gasteiger partial charge in [0.2, 0.25) is 0 Å². The lowest BCUT2D eigenvalue weighted by Gasteiger charge is -2.09. The fraction of sp³-hybridized carbons (Fsp3) is 0. The molecule has 4 nitrogen and oxygen atoms in total. The summed E-state index contributed by atoms with van der Waals surface area (Å²) in [6.07, 6.45) is 0. The predicted molar refractivity (Wildman–Crippen MR) is 186 cm³/mol. The Hall–Kier alpha value is -6.26. The van der Waals surface area contributed by atoms with E-state index in [0.29, 0.717) is 0 Å². The van der Waals surface area contributed by atoms with Crippen LogP contribution in [0.5, 0.6) is 0 Å². The molecule has 0 aliphatic rings. The van der Waals surface area contributed by atoms with Crippen LogP contribution < -0.4 is 0 Å². The lowest BCUT2D eigenvalue weighted by molar-refractivity contribution is 0.664. The molecule has 4 heterocycles. The van der Waals surface area contributed by atoms with E-state index in [4.69, 9.17) is 17.7 Å². The van der Waals surface area contributed by atoms with Gasteiger partial charge in [0.25, 0.3) is 0 Å². The molecule has 0 fully saturated rings. The van der Waals surface area contributed by atoms with Crippen LogP contribution in [0, 0.1) is 0 Å². The average molecular weight is 591 g/mol. The maximum atomic E-state index is 6.60. The first kappa shape index (κ1) is 24.1. The number of rotatable bonds is 2. The Morgan fingerprint density at radius 2 is 0.630 bits per heavy atom. The fourth-order valence-electron chi connectivity index (χ4n) is 7.48. The van der Waals surface area contributed by atoms with Crippen LogP contribution in [0.25, 0.3) is 110 Å². The van der Waals surface area contributed by atoms with Crippen molar-refractivity contribution in [3.05, 3.63) is 133 Å². The van der Waals surface area contributed by atoms with E-state index in [0.717, 1.165) is 110 Å². The van der Waals surface area contributed by atoms with Crippen LogP contribution in [0.1, 0.15) is 0 Å². The second-order valence-electron chi connectivity index (χ2n) is 12.0. The summed E-state index contributed by atoms with van der Waals surface area (Å²) in [4.78, 5) is 0. The van der Waals surface area contributed by atoms with E-state index in [2.05, 4.69) is 72.8 Å². The van der Waals surface area contributed by atoms with Crippen LogP contribution >= 0.6 is 0 Å². The van der Waals surface area contributed by atoms with Gasteiger partial charge in [0.05, 0.1) is 0 Å². The Kier molecular flexibility index (Phi) is 4.55. The number of fused-ring (bicyclic) bond motifs is 12. The number of benzene rings is 7. The zero-order chi connectivity index (χ0) is 29.9. The smallest absolute Gasteiger partial charge is 0.144 e. The summed E-state index contributed by atoms with van der Waals surface area (Å²) in [5.41, 5.74) is 11.0. The molecular weight excluding hydrogens is 568 g/mol. The molecule has 0 radical (unpaired) electrons. The highest BCUT2D eigenvalue weighted by molar-refractivity contribution is 6.25. The van der Waals surface area contributed by atoms with Crippen LogP contribution in [0.3, 0.4) is 0 Å². The van der Waals surface area contributed by atoms with Crippen molar-refractivity contribution in [2.75, 3.05) is 0 Å². The van der Waals surface area contributed by atoms with Gasteiger partial charge in [-0.05, 0) is 47.5 Å². The zero-order valence-electron chi connectivity index (χ0n) is 24.3. The third kappa shape index (κ3) is 3.12. The molecule has 11 aromatic rings. The summed E-state index contributed by atoms with van der Waals surface area (Å²) >= 11 is 0. The second-order valence-corrected chi connectivity index (χ2v) is 12.0. The van der Waals surface area contributed by atoms with Crippen molar-refractivity contribution in [2.45, 2.75) is 0 Å². The Morgan fingerprint density at radius 3 is 1.04 bits per heavy atom. The molecular formula is C42H22O4. The molecule has 0 aliphatic heterocycles. The van der Waals surface area contributed by atoms with Crippen molar-refractivity contribution in [3.8, 4) is 22.3 Å². The van der Waals surface area contributed by atoms with Crippen LogP contribution in [0.15, 0.2) is 151 Å². The number of hydrogen-bond acceptors (Lipinski definition) is 4.